The molecule has 2 rings (SSSR count). The average Bonchev–Trinajstić information content (AvgIpc) is 2.61. The van der Waals surface area contributed by atoms with Crippen LogP contribution in [0.5, 0.6) is 0 Å². The molecule has 0 radical (unpaired) electrons. The fourth-order valence-electron chi connectivity index (χ4n) is 2.75. The molecule has 2 unspecified atom stereocenters. The van der Waals surface area contributed by atoms with Crippen molar-refractivity contribution in [3.05, 3.63) is 69.7 Å². The van der Waals surface area contributed by atoms with Gasteiger partial charge in [0.25, 0.3) is 5.91 Å². The number of rotatable bonds is 7. The summed E-state index contributed by atoms with van der Waals surface area (Å²) in [4.78, 5) is 25.4. The van der Waals surface area contributed by atoms with E-state index in [1.165, 1.54) is 6.07 Å². The average molecular weight is 407 g/mol. The third kappa shape index (κ3) is 6.26. The van der Waals surface area contributed by atoms with Gasteiger partial charge in [-0.15, -0.1) is 0 Å². The molecule has 6 heteroatoms. The zero-order valence-corrected chi connectivity index (χ0v) is 17.1. The molecule has 0 fully saturated rings. The smallest absolute Gasteiger partial charge is 0.253 e. The summed E-state index contributed by atoms with van der Waals surface area (Å²) in [6, 6.07) is 13.5. The Hall–Kier alpha value is -2.04. The number of hydrogen-bond donors (Lipinski definition) is 2. The largest absolute Gasteiger partial charge is 0.348 e. The SMILES string of the molecule is CC(C)CC(NC(=O)c1ccc(Cl)cc1Cl)C(=O)NC(C)c1ccccc1. The van der Waals surface area contributed by atoms with E-state index < -0.39 is 11.9 Å². The van der Waals surface area contributed by atoms with Gasteiger partial charge in [-0.25, -0.2) is 0 Å². The molecule has 27 heavy (non-hydrogen) atoms. The van der Waals surface area contributed by atoms with Gasteiger partial charge in [0.2, 0.25) is 5.91 Å². The maximum absolute atomic E-state index is 12.8. The number of hydrogen-bond acceptors (Lipinski definition) is 2. The van der Waals surface area contributed by atoms with Gasteiger partial charge in [0.15, 0.2) is 0 Å². The summed E-state index contributed by atoms with van der Waals surface area (Å²) < 4.78 is 0. The molecule has 0 saturated carbocycles. The van der Waals surface area contributed by atoms with Crippen molar-refractivity contribution in [2.45, 2.75) is 39.3 Å². The van der Waals surface area contributed by atoms with Gasteiger partial charge in [-0.1, -0.05) is 67.4 Å². The molecule has 0 aliphatic rings. The molecule has 2 aromatic carbocycles. The molecule has 4 nitrogen and oxygen atoms in total. The highest BCUT2D eigenvalue weighted by molar-refractivity contribution is 6.36. The van der Waals surface area contributed by atoms with Crippen LogP contribution < -0.4 is 10.6 Å². The highest BCUT2D eigenvalue weighted by Gasteiger charge is 2.24. The van der Waals surface area contributed by atoms with Crippen molar-refractivity contribution >= 4 is 35.0 Å². The van der Waals surface area contributed by atoms with Crippen LogP contribution in [0.15, 0.2) is 48.5 Å². The van der Waals surface area contributed by atoms with Crippen LogP contribution in [0.1, 0.15) is 49.2 Å². The van der Waals surface area contributed by atoms with Crippen LogP contribution in [0.4, 0.5) is 0 Å². The van der Waals surface area contributed by atoms with Crippen molar-refractivity contribution in [1.82, 2.24) is 10.6 Å². The van der Waals surface area contributed by atoms with E-state index in [1.807, 2.05) is 51.1 Å². The van der Waals surface area contributed by atoms with E-state index in [4.69, 9.17) is 23.2 Å². The number of nitrogens with one attached hydrogen (secondary N) is 2. The van der Waals surface area contributed by atoms with E-state index in [1.54, 1.807) is 12.1 Å². The van der Waals surface area contributed by atoms with Crippen LogP contribution in [0.25, 0.3) is 0 Å². The molecule has 0 aliphatic carbocycles. The van der Waals surface area contributed by atoms with Crippen LogP contribution in [0.3, 0.4) is 0 Å². The molecule has 2 aromatic rings. The second-order valence-electron chi connectivity index (χ2n) is 6.92. The number of amides is 2. The molecule has 0 spiro atoms. The second-order valence-corrected chi connectivity index (χ2v) is 7.76. The van der Waals surface area contributed by atoms with Gasteiger partial charge >= 0.3 is 0 Å². The van der Waals surface area contributed by atoms with Crippen LogP contribution in [0.2, 0.25) is 10.0 Å². The zero-order chi connectivity index (χ0) is 20.0. The molecule has 0 heterocycles. The van der Waals surface area contributed by atoms with Crippen molar-refractivity contribution in [2.75, 3.05) is 0 Å². The lowest BCUT2D eigenvalue weighted by atomic mass is 10.0. The summed E-state index contributed by atoms with van der Waals surface area (Å²) in [5.41, 5.74) is 1.29. The first kappa shape index (κ1) is 21.3. The predicted molar refractivity (Wildman–Crippen MR) is 110 cm³/mol. The molecule has 0 aromatic heterocycles. The second kappa shape index (κ2) is 9.77. The number of carbonyl (C=O) groups is 2. The maximum Gasteiger partial charge on any atom is 0.253 e. The summed E-state index contributed by atoms with van der Waals surface area (Å²) in [7, 11) is 0. The van der Waals surface area contributed by atoms with E-state index in [0.29, 0.717) is 17.0 Å². The van der Waals surface area contributed by atoms with Crippen molar-refractivity contribution in [2.24, 2.45) is 5.92 Å². The Bertz CT molecular complexity index is 794. The van der Waals surface area contributed by atoms with Crippen LogP contribution in [0, 0.1) is 5.92 Å². The topological polar surface area (TPSA) is 58.2 Å². The molecular weight excluding hydrogens is 383 g/mol. The lowest BCUT2D eigenvalue weighted by Gasteiger charge is -2.23. The highest BCUT2D eigenvalue weighted by atomic mass is 35.5. The summed E-state index contributed by atoms with van der Waals surface area (Å²) in [6.45, 7) is 5.92. The fraction of sp³-hybridized carbons (Fsp3) is 0.333. The normalized spacial score (nSPS) is 13.1. The lowest BCUT2D eigenvalue weighted by molar-refractivity contribution is -0.124. The lowest BCUT2D eigenvalue weighted by Crippen LogP contribution is -2.48. The monoisotopic (exact) mass is 406 g/mol. The Morgan fingerprint density at radius 2 is 1.63 bits per heavy atom. The molecule has 0 bridgehead atoms. The standard InChI is InChI=1S/C21H24Cl2N2O2/c1-13(2)11-19(21(27)24-14(3)15-7-5-4-6-8-15)25-20(26)17-10-9-16(22)12-18(17)23/h4-10,12-14,19H,11H2,1-3H3,(H,24,27)(H,25,26). The Morgan fingerprint density at radius 3 is 2.22 bits per heavy atom. The zero-order valence-electron chi connectivity index (χ0n) is 15.6. The van der Waals surface area contributed by atoms with Gasteiger partial charge in [0.05, 0.1) is 16.6 Å². The summed E-state index contributed by atoms with van der Waals surface area (Å²) in [5, 5.41) is 6.48. The van der Waals surface area contributed by atoms with E-state index in [9.17, 15) is 9.59 Å². The van der Waals surface area contributed by atoms with Crippen LogP contribution >= 0.6 is 23.2 Å². The van der Waals surface area contributed by atoms with Crippen molar-refractivity contribution in [3.63, 3.8) is 0 Å². The van der Waals surface area contributed by atoms with E-state index in [-0.39, 0.29) is 22.9 Å². The number of carbonyl (C=O) groups excluding carboxylic acids is 2. The molecule has 2 atom stereocenters. The Kier molecular flexibility index (Phi) is 7.69. The molecule has 0 saturated heterocycles. The number of halogens is 2. The summed E-state index contributed by atoms with van der Waals surface area (Å²) in [5.74, 6) is -0.392. The van der Waals surface area contributed by atoms with Gasteiger partial charge in [-0.2, -0.15) is 0 Å². The minimum Gasteiger partial charge on any atom is -0.348 e. The Balaban J connectivity index is 2.11. The number of benzene rings is 2. The summed E-state index contributed by atoms with van der Waals surface area (Å²) >= 11 is 12.0. The van der Waals surface area contributed by atoms with E-state index in [0.717, 1.165) is 5.56 Å². The van der Waals surface area contributed by atoms with Gasteiger partial charge in [-0.3, -0.25) is 9.59 Å². The van der Waals surface area contributed by atoms with Crippen molar-refractivity contribution in [1.29, 1.82) is 0 Å². The van der Waals surface area contributed by atoms with Gasteiger partial charge in [0.1, 0.15) is 6.04 Å². The molecule has 0 aliphatic heterocycles. The minimum atomic E-state index is -0.657. The molecule has 2 N–H and O–H groups in total. The van der Waals surface area contributed by atoms with E-state index in [2.05, 4.69) is 10.6 Å². The van der Waals surface area contributed by atoms with Gasteiger partial charge in [-0.05, 0) is 43.0 Å². The quantitative estimate of drug-likeness (QED) is 0.678. The van der Waals surface area contributed by atoms with Gasteiger partial charge in [0, 0.05) is 5.02 Å². The van der Waals surface area contributed by atoms with E-state index >= 15 is 0 Å². The Labute approximate surface area is 170 Å². The first-order chi connectivity index (χ1) is 12.8. The van der Waals surface area contributed by atoms with Crippen LogP contribution in [-0.4, -0.2) is 17.9 Å². The predicted octanol–water partition coefficient (Wildman–Crippen LogP) is 5.02. The summed E-state index contributed by atoms with van der Waals surface area (Å²) in [6.07, 6.45) is 0.518. The fourth-order valence-corrected chi connectivity index (χ4v) is 3.25. The third-order valence-corrected chi connectivity index (χ3v) is 4.71. The van der Waals surface area contributed by atoms with Gasteiger partial charge < -0.3 is 10.6 Å². The molecular formula is C21H24Cl2N2O2. The van der Waals surface area contributed by atoms with Crippen molar-refractivity contribution < 1.29 is 9.59 Å². The maximum atomic E-state index is 12.8. The Morgan fingerprint density at radius 1 is 0.963 bits per heavy atom. The third-order valence-electron chi connectivity index (χ3n) is 4.16. The van der Waals surface area contributed by atoms with Crippen LogP contribution in [-0.2, 0) is 4.79 Å². The molecule has 2 amide bonds. The van der Waals surface area contributed by atoms with Crippen molar-refractivity contribution in [3.8, 4) is 0 Å². The first-order valence-corrected chi connectivity index (χ1v) is 9.64. The first-order valence-electron chi connectivity index (χ1n) is 8.89. The minimum absolute atomic E-state index is 0.163. The molecule has 144 valence electrons. The highest BCUT2D eigenvalue weighted by Crippen LogP contribution is 2.21.